The van der Waals surface area contributed by atoms with Gasteiger partial charge in [0.05, 0.1) is 26.8 Å². The lowest BCUT2D eigenvalue weighted by Crippen LogP contribution is -2.18. The maximum Gasteiger partial charge on any atom is 0.340 e. The van der Waals surface area contributed by atoms with Gasteiger partial charge in [-0.3, -0.25) is 19.7 Å². The average molecular weight is 467 g/mol. The number of Topliss-reactive ketones (excluding diaryl/α,β-unsaturated/α-hetero) is 1. The molecule has 0 fully saturated rings. The van der Waals surface area contributed by atoms with Gasteiger partial charge in [0.25, 0.3) is 11.6 Å². The van der Waals surface area contributed by atoms with E-state index in [1.54, 1.807) is 25.1 Å². The van der Waals surface area contributed by atoms with E-state index in [0.717, 1.165) is 23.3 Å². The van der Waals surface area contributed by atoms with Crippen molar-refractivity contribution in [2.24, 2.45) is 0 Å². The van der Waals surface area contributed by atoms with Crippen molar-refractivity contribution in [1.82, 2.24) is 0 Å². The van der Waals surface area contributed by atoms with Gasteiger partial charge in [-0.25, -0.2) is 4.79 Å². The molecule has 9 heteroatoms. The number of aryl methyl sites for hydroxylation is 2. The van der Waals surface area contributed by atoms with Gasteiger partial charge in [-0.05, 0) is 43.7 Å². The normalized spacial score (nSPS) is 10.4. The van der Waals surface area contributed by atoms with Gasteiger partial charge in [-0.15, -0.1) is 0 Å². The molecule has 0 aromatic heterocycles. The van der Waals surface area contributed by atoms with Crippen LogP contribution in [0.1, 0.15) is 42.2 Å². The van der Waals surface area contributed by atoms with Crippen LogP contribution in [-0.2, 0) is 4.74 Å². The number of nitro groups is 1. The predicted octanol–water partition coefficient (Wildman–Crippen LogP) is 5.16. The molecule has 0 saturated carbocycles. The minimum atomic E-state index is -0.792. The van der Waals surface area contributed by atoms with Crippen molar-refractivity contribution in [1.29, 1.82) is 0 Å². The Labute approximate surface area is 194 Å². The fourth-order valence-electron chi connectivity index (χ4n) is 3.08. The van der Waals surface area contributed by atoms with E-state index in [-0.39, 0.29) is 33.3 Å². The monoisotopic (exact) mass is 466 g/mol. The molecular weight excluding hydrogens is 448 g/mol. The number of ether oxygens (including phenoxy) is 1. The number of nitrogens with zero attached hydrogens (tertiary/aromatic N) is 1. The number of hydrogen-bond donors (Lipinski definition) is 1. The van der Waals surface area contributed by atoms with Gasteiger partial charge in [0.1, 0.15) is 0 Å². The smallest absolute Gasteiger partial charge is 0.340 e. The zero-order valence-electron chi connectivity index (χ0n) is 17.8. The maximum absolute atomic E-state index is 12.6. The Bertz CT molecular complexity index is 1270. The molecule has 0 aliphatic carbocycles. The lowest BCUT2D eigenvalue weighted by Gasteiger charge is -2.12. The molecule has 0 unspecified atom stereocenters. The van der Waals surface area contributed by atoms with E-state index in [2.05, 4.69) is 5.32 Å². The molecule has 0 saturated heterocycles. The van der Waals surface area contributed by atoms with Gasteiger partial charge in [0.2, 0.25) is 5.78 Å². The Morgan fingerprint density at radius 2 is 1.70 bits per heavy atom. The number of hydrogen-bond acceptors (Lipinski definition) is 6. The molecule has 0 heterocycles. The molecule has 0 radical (unpaired) electrons. The number of amides is 1. The van der Waals surface area contributed by atoms with Crippen molar-refractivity contribution in [2.45, 2.75) is 13.8 Å². The van der Waals surface area contributed by atoms with Crippen LogP contribution in [0.25, 0.3) is 0 Å². The molecule has 0 spiro atoms. The Morgan fingerprint density at radius 1 is 0.970 bits per heavy atom. The van der Waals surface area contributed by atoms with Crippen LogP contribution in [0.3, 0.4) is 0 Å². The van der Waals surface area contributed by atoms with Crippen LogP contribution in [0.2, 0.25) is 5.02 Å². The summed E-state index contributed by atoms with van der Waals surface area (Å²) in [5.74, 6) is -1.80. The van der Waals surface area contributed by atoms with Gasteiger partial charge < -0.3 is 10.1 Å². The van der Waals surface area contributed by atoms with Crippen molar-refractivity contribution >= 4 is 40.6 Å². The number of benzene rings is 3. The number of non-ortho nitro benzene ring substituents is 1. The van der Waals surface area contributed by atoms with Crippen molar-refractivity contribution < 1.29 is 24.0 Å². The first-order valence-corrected chi connectivity index (χ1v) is 10.2. The van der Waals surface area contributed by atoms with Crippen molar-refractivity contribution in [3.8, 4) is 0 Å². The number of carbonyl (C=O) groups excluding carboxylic acids is 3. The standard InChI is InChI=1S/C24H19ClN2O6/c1-14-7-8-15(2)19(11-14)22(28)13-33-24(30)18-5-3-4-6-21(18)26-23(29)17-10-9-16(27(31)32)12-20(17)25/h3-12H,13H2,1-2H3,(H,26,29). The number of carbonyl (C=O) groups is 3. The molecule has 8 nitrogen and oxygen atoms in total. The highest BCUT2D eigenvalue weighted by molar-refractivity contribution is 6.34. The predicted molar refractivity (Wildman–Crippen MR) is 123 cm³/mol. The number of esters is 1. The number of anilines is 1. The molecule has 0 atom stereocenters. The minimum Gasteiger partial charge on any atom is -0.454 e. The Morgan fingerprint density at radius 3 is 2.39 bits per heavy atom. The number of ketones is 1. The molecule has 168 valence electrons. The summed E-state index contributed by atoms with van der Waals surface area (Å²) < 4.78 is 5.19. The van der Waals surface area contributed by atoms with Crippen molar-refractivity contribution in [3.63, 3.8) is 0 Å². The second-order valence-corrected chi connectivity index (χ2v) is 7.65. The van der Waals surface area contributed by atoms with E-state index in [1.807, 2.05) is 19.1 Å². The zero-order chi connectivity index (χ0) is 24.1. The molecule has 0 bridgehead atoms. The van der Waals surface area contributed by atoms with Crippen LogP contribution in [0.15, 0.2) is 60.7 Å². The summed E-state index contributed by atoms with van der Waals surface area (Å²) >= 11 is 6.01. The number of para-hydroxylation sites is 1. The van der Waals surface area contributed by atoms with E-state index in [4.69, 9.17) is 16.3 Å². The van der Waals surface area contributed by atoms with Crippen LogP contribution in [0, 0.1) is 24.0 Å². The fourth-order valence-corrected chi connectivity index (χ4v) is 3.34. The third kappa shape index (κ3) is 5.61. The number of rotatable bonds is 7. The largest absolute Gasteiger partial charge is 0.454 e. The third-order valence-electron chi connectivity index (χ3n) is 4.83. The van der Waals surface area contributed by atoms with Gasteiger partial charge in [-0.1, -0.05) is 41.4 Å². The molecule has 0 aliphatic rings. The summed E-state index contributed by atoms with van der Waals surface area (Å²) in [4.78, 5) is 48.0. The second-order valence-electron chi connectivity index (χ2n) is 7.24. The maximum atomic E-state index is 12.6. The fraction of sp³-hybridized carbons (Fsp3) is 0.125. The summed E-state index contributed by atoms with van der Waals surface area (Å²) in [7, 11) is 0. The van der Waals surface area contributed by atoms with Crippen LogP contribution in [0.5, 0.6) is 0 Å². The average Bonchev–Trinajstić information content (AvgIpc) is 2.78. The van der Waals surface area contributed by atoms with E-state index >= 15 is 0 Å². The van der Waals surface area contributed by atoms with E-state index in [1.165, 1.54) is 18.2 Å². The zero-order valence-corrected chi connectivity index (χ0v) is 18.5. The SMILES string of the molecule is Cc1ccc(C)c(C(=O)COC(=O)c2ccccc2NC(=O)c2ccc([N+](=O)[O-])cc2Cl)c1. The first-order valence-electron chi connectivity index (χ1n) is 9.79. The van der Waals surface area contributed by atoms with Crippen LogP contribution in [0.4, 0.5) is 11.4 Å². The van der Waals surface area contributed by atoms with E-state index in [9.17, 15) is 24.5 Å². The van der Waals surface area contributed by atoms with Gasteiger partial charge in [0.15, 0.2) is 6.61 Å². The summed E-state index contributed by atoms with van der Waals surface area (Å²) in [6.07, 6.45) is 0. The van der Waals surface area contributed by atoms with Crippen LogP contribution >= 0.6 is 11.6 Å². The number of nitro benzene ring substituents is 1. The van der Waals surface area contributed by atoms with E-state index in [0.29, 0.717) is 5.56 Å². The van der Waals surface area contributed by atoms with Crippen LogP contribution < -0.4 is 5.32 Å². The quantitative estimate of drug-likeness (QED) is 0.222. The van der Waals surface area contributed by atoms with Gasteiger partial charge in [0, 0.05) is 17.7 Å². The summed E-state index contributed by atoms with van der Waals surface area (Å²) in [6.45, 7) is 3.20. The number of nitrogens with one attached hydrogen (secondary N) is 1. The third-order valence-corrected chi connectivity index (χ3v) is 5.14. The Kier molecular flexibility index (Phi) is 7.20. The first-order chi connectivity index (χ1) is 15.7. The molecule has 33 heavy (non-hydrogen) atoms. The topological polar surface area (TPSA) is 116 Å². The lowest BCUT2D eigenvalue weighted by atomic mass is 10.0. The molecule has 3 aromatic carbocycles. The summed E-state index contributed by atoms with van der Waals surface area (Å²) in [6, 6.07) is 15.0. The van der Waals surface area contributed by atoms with Crippen molar-refractivity contribution in [3.05, 3.63) is 104 Å². The Balaban J connectivity index is 1.74. The summed E-state index contributed by atoms with van der Waals surface area (Å²) in [5.41, 5.74) is 2.07. The highest BCUT2D eigenvalue weighted by Gasteiger charge is 2.20. The number of halogens is 1. The molecule has 1 N–H and O–H groups in total. The molecule has 3 aromatic rings. The van der Waals surface area contributed by atoms with Gasteiger partial charge in [-0.2, -0.15) is 0 Å². The first kappa shape index (κ1) is 23.6. The van der Waals surface area contributed by atoms with Crippen LogP contribution in [-0.4, -0.2) is 29.2 Å². The van der Waals surface area contributed by atoms with Gasteiger partial charge >= 0.3 is 5.97 Å². The highest BCUT2D eigenvalue weighted by atomic mass is 35.5. The molecular formula is C24H19ClN2O6. The molecule has 3 rings (SSSR count). The van der Waals surface area contributed by atoms with E-state index < -0.39 is 23.4 Å². The lowest BCUT2D eigenvalue weighted by molar-refractivity contribution is -0.384. The Hall–Kier alpha value is -4.04. The molecule has 1 amide bonds. The van der Waals surface area contributed by atoms with Crippen molar-refractivity contribution in [2.75, 3.05) is 11.9 Å². The highest BCUT2D eigenvalue weighted by Crippen LogP contribution is 2.24. The summed E-state index contributed by atoms with van der Waals surface area (Å²) in [5, 5.41) is 13.3. The molecule has 0 aliphatic heterocycles. The minimum absolute atomic E-state index is 0.00413. The second kappa shape index (κ2) is 10.1.